The summed E-state index contributed by atoms with van der Waals surface area (Å²) in [6, 6.07) is 0. The molecule has 0 aromatic rings. The Bertz CT molecular complexity index is 261. The van der Waals surface area contributed by atoms with Crippen molar-refractivity contribution in [3.63, 3.8) is 0 Å². The molecule has 17 heavy (non-hydrogen) atoms. The molecule has 0 spiro atoms. The normalized spacial score (nSPS) is 31.4. The van der Waals surface area contributed by atoms with Crippen LogP contribution in [0.2, 0.25) is 0 Å². The topological polar surface area (TPSA) is 32.7 Å². The first kappa shape index (κ1) is 14.9. The van der Waals surface area contributed by atoms with E-state index in [4.69, 9.17) is 4.74 Å². The van der Waals surface area contributed by atoms with Crippen molar-refractivity contribution in [2.45, 2.75) is 58.8 Å². The molecule has 1 heterocycles. The van der Waals surface area contributed by atoms with E-state index < -0.39 is 11.7 Å². The second-order valence-electron chi connectivity index (χ2n) is 6.98. The Balaban J connectivity index is 2.69. The lowest BCUT2D eigenvalue weighted by atomic mass is 9.84. The minimum absolute atomic E-state index is 0.168. The van der Waals surface area contributed by atoms with Crippen LogP contribution in [0.4, 0.5) is 0 Å². The molecule has 0 aromatic carbocycles. The molecule has 102 valence electrons. The van der Waals surface area contributed by atoms with Gasteiger partial charge in [0, 0.05) is 19.0 Å². The van der Waals surface area contributed by atoms with E-state index in [1.807, 2.05) is 13.8 Å². The Morgan fingerprint density at radius 1 is 1.18 bits per heavy atom. The summed E-state index contributed by atoms with van der Waals surface area (Å²) < 4.78 is 5.99. The fraction of sp³-hybridized carbons (Fsp3) is 1.00. The molecule has 1 rings (SSSR count). The molecule has 1 aliphatic rings. The predicted octanol–water partition coefficient (Wildman–Crippen LogP) is 2.14. The molecule has 1 aliphatic heterocycles. The fourth-order valence-corrected chi connectivity index (χ4v) is 3.03. The Morgan fingerprint density at radius 3 is 2.06 bits per heavy atom. The van der Waals surface area contributed by atoms with Gasteiger partial charge in [-0.1, -0.05) is 13.8 Å². The maximum Gasteiger partial charge on any atom is 0.0896 e. The molecule has 0 bridgehead atoms. The number of aliphatic hydroxyl groups is 1. The minimum atomic E-state index is -0.438. The van der Waals surface area contributed by atoms with Gasteiger partial charge in [-0.2, -0.15) is 0 Å². The summed E-state index contributed by atoms with van der Waals surface area (Å²) in [5.74, 6) is 0.817. The van der Waals surface area contributed by atoms with Crippen LogP contribution in [0.1, 0.15) is 41.5 Å². The third kappa shape index (κ3) is 3.43. The quantitative estimate of drug-likeness (QED) is 0.821. The van der Waals surface area contributed by atoms with Crippen LogP contribution in [0.5, 0.6) is 0 Å². The van der Waals surface area contributed by atoms with Gasteiger partial charge in [0.15, 0.2) is 0 Å². The highest BCUT2D eigenvalue weighted by Gasteiger charge is 2.53. The van der Waals surface area contributed by atoms with Crippen LogP contribution >= 0.6 is 0 Å². The first-order valence-electron chi connectivity index (χ1n) is 6.63. The summed E-state index contributed by atoms with van der Waals surface area (Å²) in [7, 11) is 2.12. The van der Waals surface area contributed by atoms with Crippen molar-refractivity contribution in [1.82, 2.24) is 4.90 Å². The molecule has 3 nitrogen and oxygen atoms in total. The Kier molecular flexibility index (Phi) is 4.28. The first-order valence-corrected chi connectivity index (χ1v) is 6.63. The Labute approximate surface area is 106 Å². The highest BCUT2D eigenvalue weighted by Crippen LogP contribution is 2.42. The summed E-state index contributed by atoms with van der Waals surface area (Å²) >= 11 is 0. The van der Waals surface area contributed by atoms with Crippen LogP contribution in [-0.2, 0) is 4.74 Å². The average Bonchev–Trinajstić information content (AvgIpc) is 2.22. The van der Waals surface area contributed by atoms with Crippen LogP contribution < -0.4 is 0 Å². The fourth-order valence-electron chi connectivity index (χ4n) is 3.03. The van der Waals surface area contributed by atoms with Gasteiger partial charge in [-0.3, -0.25) is 0 Å². The van der Waals surface area contributed by atoms with E-state index in [9.17, 15) is 5.11 Å². The SMILES string of the molecule is CC(C)CN(C)CC1C(O)C(C)(C)OC1(C)C. The van der Waals surface area contributed by atoms with Crippen LogP contribution in [0, 0.1) is 11.8 Å². The Hall–Kier alpha value is -0.120. The second kappa shape index (κ2) is 4.87. The smallest absolute Gasteiger partial charge is 0.0896 e. The van der Waals surface area contributed by atoms with E-state index >= 15 is 0 Å². The summed E-state index contributed by atoms with van der Waals surface area (Å²) in [4.78, 5) is 2.30. The zero-order chi connectivity index (χ0) is 13.4. The molecular formula is C14H29NO2. The van der Waals surface area contributed by atoms with Crippen molar-refractivity contribution >= 4 is 0 Å². The van der Waals surface area contributed by atoms with Crippen LogP contribution in [0.3, 0.4) is 0 Å². The van der Waals surface area contributed by atoms with Gasteiger partial charge in [0.2, 0.25) is 0 Å². The van der Waals surface area contributed by atoms with Crippen molar-refractivity contribution < 1.29 is 9.84 Å². The number of ether oxygens (including phenoxy) is 1. The van der Waals surface area contributed by atoms with E-state index in [1.165, 1.54) is 0 Å². The summed E-state index contributed by atoms with van der Waals surface area (Å²) in [6.07, 6.45) is -0.396. The molecular weight excluding hydrogens is 214 g/mol. The van der Waals surface area contributed by atoms with Gasteiger partial charge in [-0.25, -0.2) is 0 Å². The molecule has 0 aliphatic carbocycles. The molecule has 0 amide bonds. The lowest BCUT2D eigenvalue weighted by Gasteiger charge is -2.31. The zero-order valence-electron chi connectivity index (χ0n) is 12.4. The molecule has 2 atom stereocenters. The van der Waals surface area contributed by atoms with Gasteiger partial charge in [0.05, 0.1) is 17.3 Å². The molecule has 1 fully saturated rings. The highest BCUT2D eigenvalue weighted by atomic mass is 16.5. The van der Waals surface area contributed by atoms with Gasteiger partial charge in [-0.05, 0) is 40.7 Å². The molecule has 2 unspecified atom stereocenters. The van der Waals surface area contributed by atoms with E-state index in [2.05, 4.69) is 39.6 Å². The summed E-state index contributed by atoms with van der Waals surface area (Å²) in [5.41, 5.74) is -0.693. The van der Waals surface area contributed by atoms with Gasteiger partial charge >= 0.3 is 0 Å². The highest BCUT2D eigenvalue weighted by molar-refractivity contribution is 5.02. The maximum absolute atomic E-state index is 10.4. The third-order valence-electron chi connectivity index (χ3n) is 3.70. The van der Waals surface area contributed by atoms with Crippen molar-refractivity contribution in [2.75, 3.05) is 20.1 Å². The summed E-state index contributed by atoms with van der Waals surface area (Å²) in [5, 5.41) is 10.4. The van der Waals surface area contributed by atoms with Gasteiger partial charge in [0.25, 0.3) is 0 Å². The van der Waals surface area contributed by atoms with Gasteiger partial charge in [-0.15, -0.1) is 0 Å². The second-order valence-corrected chi connectivity index (χ2v) is 6.98. The molecule has 0 saturated carbocycles. The number of rotatable bonds is 4. The lowest BCUT2D eigenvalue weighted by Crippen LogP contribution is -2.43. The van der Waals surface area contributed by atoms with Crippen LogP contribution in [-0.4, -0.2) is 47.4 Å². The number of hydrogen-bond donors (Lipinski definition) is 1. The number of hydrogen-bond acceptors (Lipinski definition) is 3. The van der Waals surface area contributed by atoms with E-state index in [0.29, 0.717) is 5.92 Å². The standard InChI is InChI=1S/C14H29NO2/c1-10(2)8-15(7)9-11-12(16)14(5,6)17-13(11,3)4/h10-12,16H,8-9H2,1-7H3. The van der Waals surface area contributed by atoms with Crippen molar-refractivity contribution in [3.8, 4) is 0 Å². The van der Waals surface area contributed by atoms with Crippen molar-refractivity contribution in [1.29, 1.82) is 0 Å². The molecule has 0 radical (unpaired) electrons. The van der Waals surface area contributed by atoms with Gasteiger partial charge in [0.1, 0.15) is 0 Å². The maximum atomic E-state index is 10.4. The third-order valence-corrected chi connectivity index (χ3v) is 3.70. The van der Waals surface area contributed by atoms with Crippen LogP contribution in [0.15, 0.2) is 0 Å². The molecule has 1 N–H and O–H groups in total. The molecule has 3 heteroatoms. The average molecular weight is 243 g/mol. The van der Waals surface area contributed by atoms with Crippen molar-refractivity contribution in [2.24, 2.45) is 11.8 Å². The number of aliphatic hydroxyl groups excluding tert-OH is 1. The minimum Gasteiger partial charge on any atom is -0.390 e. The van der Waals surface area contributed by atoms with Gasteiger partial charge < -0.3 is 14.7 Å². The first-order chi connectivity index (χ1) is 7.56. The lowest BCUT2D eigenvalue weighted by molar-refractivity contribution is -0.0912. The largest absolute Gasteiger partial charge is 0.390 e. The summed E-state index contributed by atoms with van der Waals surface area (Å²) in [6.45, 7) is 14.5. The molecule has 1 saturated heterocycles. The predicted molar refractivity (Wildman–Crippen MR) is 71.1 cm³/mol. The Morgan fingerprint density at radius 2 is 1.71 bits per heavy atom. The monoisotopic (exact) mass is 243 g/mol. The number of nitrogens with zero attached hydrogens (tertiary/aromatic N) is 1. The van der Waals surface area contributed by atoms with E-state index in [-0.39, 0.29) is 11.5 Å². The van der Waals surface area contributed by atoms with E-state index in [0.717, 1.165) is 13.1 Å². The van der Waals surface area contributed by atoms with Crippen LogP contribution in [0.25, 0.3) is 0 Å². The van der Waals surface area contributed by atoms with Crippen molar-refractivity contribution in [3.05, 3.63) is 0 Å². The molecule has 0 aromatic heterocycles. The zero-order valence-corrected chi connectivity index (χ0v) is 12.4. The van der Waals surface area contributed by atoms with E-state index in [1.54, 1.807) is 0 Å².